The number of carbonyl (C=O) groups excluding carboxylic acids is 1. The van der Waals surface area contributed by atoms with Crippen molar-refractivity contribution in [1.29, 1.82) is 5.26 Å². The third-order valence-corrected chi connectivity index (χ3v) is 5.71. The van der Waals surface area contributed by atoms with Gasteiger partial charge >= 0.3 is 6.03 Å². The average Bonchev–Trinajstić information content (AvgIpc) is 3.63. The summed E-state index contributed by atoms with van der Waals surface area (Å²) in [6, 6.07) is 10.2. The van der Waals surface area contributed by atoms with Crippen molar-refractivity contribution < 1.29 is 14.7 Å². The number of hydroxylamine groups is 2. The van der Waals surface area contributed by atoms with E-state index in [0.29, 0.717) is 53.6 Å². The van der Waals surface area contributed by atoms with Crippen LogP contribution in [0.1, 0.15) is 34.7 Å². The van der Waals surface area contributed by atoms with Crippen LogP contribution in [0.4, 0.5) is 22.1 Å². The normalized spacial score (nSPS) is 14.3. The van der Waals surface area contributed by atoms with Crippen LogP contribution in [0.25, 0.3) is 0 Å². The zero-order chi connectivity index (χ0) is 27.0. The van der Waals surface area contributed by atoms with Gasteiger partial charge in [-0.3, -0.25) is 14.5 Å². The lowest BCUT2D eigenvalue weighted by Crippen LogP contribution is -2.33. The minimum atomic E-state index is -0.427. The minimum Gasteiger partial charge on any atom is -0.394 e. The van der Waals surface area contributed by atoms with Crippen molar-refractivity contribution in [2.75, 3.05) is 23.8 Å². The maximum Gasteiger partial charge on any atom is 0.346 e. The van der Waals surface area contributed by atoms with E-state index in [9.17, 15) is 4.79 Å². The Morgan fingerprint density at radius 1 is 1.08 bits per heavy atom. The number of carbonyl (C=O) groups is 1. The van der Waals surface area contributed by atoms with Gasteiger partial charge in [0.15, 0.2) is 0 Å². The van der Waals surface area contributed by atoms with Crippen molar-refractivity contribution in [2.24, 2.45) is 0 Å². The summed E-state index contributed by atoms with van der Waals surface area (Å²) in [6.07, 6.45) is 10.3. The van der Waals surface area contributed by atoms with Gasteiger partial charge < -0.3 is 15.7 Å². The standard InChI is InChI=1S/C27H23N9O3/c28-12-21-10-22(16-29-13-21)25-6-9-39-36(25)27(38)34-23-3-1-2-19(11-23)4-5-20-14-30-26(31-15-20)33-24-17-32-35(18-24)7-8-37/h1-3,10-11,13-18,25,37H,6-9H2,(H,34,38)(H,30,31,33)/t25-/m0/s1. The predicted octanol–water partition coefficient (Wildman–Crippen LogP) is 2.99. The number of nitriles is 1. The van der Waals surface area contributed by atoms with E-state index in [1.54, 1.807) is 59.9 Å². The van der Waals surface area contributed by atoms with E-state index in [2.05, 4.69) is 48.6 Å². The molecule has 3 N–H and O–H groups in total. The smallest absolute Gasteiger partial charge is 0.346 e. The van der Waals surface area contributed by atoms with Gasteiger partial charge in [0, 0.05) is 48.7 Å². The summed E-state index contributed by atoms with van der Waals surface area (Å²) in [5.74, 6) is 6.47. The lowest BCUT2D eigenvalue weighted by molar-refractivity contribution is -0.0830. The third kappa shape index (κ3) is 6.34. The molecule has 4 aromatic rings. The Labute approximate surface area is 223 Å². The largest absolute Gasteiger partial charge is 0.394 e. The number of aliphatic hydroxyl groups excluding tert-OH is 1. The Hall–Kier alpha value is -5.30. The highest BCUT2D eigenvalue weighted by molar-refractivity contribution is 5.89. The zero-order valence-corrected chi connectivity index (χ0v) is 20.7. The second-order valence-electron chi connectivity index (χ2n) is 8.48. The van der Waals surface area contributed by atoms with Gasteiger partial charge in [0.1, 0.15) is 6.07 Å². The van der Waals surface area contributed by atoms with E-state index in [4.69, 9.17) is 15.2 Å². The van der Waals surface area contributed by atoms with Crippen molar-refractivity contribution >= 4 is 23.4 Å². The highest BCUT2D eigenvalue weighted by Crippen LogP contribution is 2.31. The van der Waals surface area contributed by atoms with E-state index in [0.717, 1.165) is 5.56 Å². The van der Waals surface area contributed by atoms with E-state index in [1.165, 1.54) is 11.3 Å². The van der Waals surface area contributed by atoms with Crippen molar-refractivity contribution in [3.8, 4) is 17.9 Å². The number of nitrogens with zero attached hydrogens (tertiary/aromatic N) is 7. The molecule has 0 aliphatic carbocycles. The molecule has 1 aliphatic heterocycles. The Kier molecular flexibility index (Phi) is 7.69. The Morgan fingerprint density at radius 3 is 2.74 bits per heavy atom. The minimum absolute atomic E-state index is 0.00464. The molecule has 1 saturated heterocycles. The topological polar surface area (TPSA) is 154 Å². The molecule has 39 heavy (non-hydrogen) atoms. The van der Waals surface area contributed by atoms with Crippen LogP contribution in [0.2, 0.25) is 0 Å². The lowest BCUT2D eigenvalue weighted by Gasteiger charge is -2.23. The number of nitrogens with one attached hydrogen (secondary N) is 2. The second-order valence-corrected chi connectivity index (χ2v) is 8.48. The number of aliphatic hydroxyl groups is 1. The van der Waals surface area contributed by atoms with Crippen molar-refractivity contribution in [2.45, 2.75) is 19.0 Å². The van der Waals surface area contributed by atoms with E-state index < -0.39 is 6.03 Å². The van der Waals surface area contributed by atoms with Gasteiger partial charge in [0.05, 0.1) is 48.8 Å². The van der Waals surface area contributed by atoms with Crippen molar-refractivity contribution in [3.05, 3.63) is 89.8 Å². The summed E-state index contributed by atoms with van der Waals surface area (Å²) < 4.78 is 1.61. The molecule has 0 spiro atoms. The van der Waals surface area contributed by atoms with Crippen LogP contribution >= 0.6 is 0 Å². The molecule has 1 aliphatic rings. The molecule has 0 saturated carbocycles. The summed E-state index contributed by atoms with van der Waals surface area (Å²) in [5.41, 5.74) is 3.74. The fourth-order valence-electron chi connectivity index (χ4n) is 3.91. The van der Waals surface area contributed by atoms with Crippen LogP contribution < -0.4 is 10.6 Å². The quantitative estimate of drug-likeness (QED) is 0.325. The Balaban J connectivity index is 1.22. The SMILES string of the molecule is N#Cc1cncc([C@@H]2CCON2C(=O)Nc2cccc(C#Cc3cnc(Nc4cnn(CCO)c4)nc3)c2)c1. The average molecular weight is 522 g/mol. The van der Waals surface area contributed by atoms with Gasteiger partial charge in [0.25, 0.3) is 0 Å². The van der Waals surface area contributed by atoms with E-state index in [-0.39, 0.29) is 12.6 Å². The number of urea groups is 1. The van der Waals surface area contributed by atoms with Gasteiger partial charge in [-0.25, -0.2) is 14.8 Å². The van der Waals surface area contributed by atoms with E-state index >= 15 is 0 Å². The van der Waals surface area contributed by atoms with Crippen LogP contribution in [0.5, 0.6) is 0 Å². The first kappa shape index (κ1) is 25.4. The number of anilines is 3. The highest BCUT2D eigenvalue weighted by Gasteiger charge is 2.32. The molecule has 1 fully saturated rings. The van der Waals surface area contributed by atoms with Crippen LogP contribution in [-0.2, 0) is 11.4 Å². The first-order valence-corrected chi connectivity index (χ1v) is 12.0. The monoisotopic (exact) mass is 521 g/mol. The lowest BCUT2D eigenvalue weighted by atomic mass is 10.1. The summed E-state index contributed by atoms with van der Waals surface area (Å²) in [4.78, 5) is 31.2. The molecule has 194 valence electrons. The summed E-state index contributed by atoms with van der Waals surface area (Å²) in [5, 5.41) is 29.4. The van der Waals surface area contributed by atoms with E-state index in [1.807, 2.05) is 6.07 Å². The molecular formula is C27H23N9O3. The number of rotatable bonds is 6. The number of amides is 2. The third-order valence-electron chi connectivity index (χ3n) is 5.71. The fourth-order valence-corrected chi connectivity index (χ4v) is 3.91. The molecule has 0 bridgehead atoms. The fraction of sp³-hybridized carbons (Fsp3) is 0.185. The van der Waals surface area contributed by atoms with Crippen molar-refractivity contribution in [3.63, 3.8) is 0 Å². The number of benzene rings is 1. The van der Waals surface area contributed by atoms with Gasteiger partial charge in [-0.2, -0.15) is 15.4 Å². The molecule has 0 unspecified atom stereocenters. The molecule has 3 aromatic heterocycles. The van der Waals surface area contributed by atoms with Gasteiger partial charge in [-0.05, 0) is 29.8 Å². The summed E-state index contributed by atoms with van der Waals surface area (Å²) in [6.45, 7) is 0.790. The first-order chi connectivity index (χ1) is 19.1. The van der Waals surface area contributed by atoms with Crippen LogP contribution in [0.15, 0.2) is 67.5 Å². The van der Waals surface area contributed by atoms with Crippen molar-refractivity contribution in [1.82, 2.24) is 29.8 Å². The van der Waals surface area contributed by atoms with Crippen LogP contribution in [0.3, 0.4) is 0 Å². The van der Waals surface area contributed by atoms with Crippen LogP contribution in [0, 0.1) is 23.2 Å². The first-order valence-electron chi connectivity index (χ1n) is 12.0. The number of pyridine rings is 1. The number of aromatic nitrogens is 5. The second kappa shape index (κ2) is 11.8. The molecule has 0 radical (unpaired) electrons. The summed E-state index contributed by atoms with van der Waals surface area (Å²) in [7, 11) is 0. The van der Waals surface area contributed by atoms with Gasteiger partial charge in [-0.1, -0.05) is 17.9 Å². The zero-order valence-electron chi connectivity index (χ0n) is 20.7. The van der Waals surface area contributed by atoms with Gasteiger partial charge in [0.2, 0.25) is 5.95 Å². The molecule has 1 atom stereocenters. The molecule has 1 aromatic carbocycles. The molecule has 12 nitrogen and oxygen atoms in total. The number of hydrogen-bond donors (Lipinski definition) is 3. The maximum atomic E-state index is 13.0. The molecular weight excluding hydrogens is 498 g/mol. The summed E-state index contributed by atoms with van der Waals surface area (Å²) >= 11 is 0. The molecule has 12 heteroatoms. The van der Waals surface area contributed by atoms with Crippen LogP contribution in [-0.4, -0.2) is 54.1 Å². The molecule has 5 rings (SSSR count). The molecule has 4 heterocycles. The Morgan fingerprint density at radius 2 is 1.92 bits per heavy atom. The van der Waals surface area contributed by atoms with Gasteiger partial charge in [-0.15, -0.1) is 0 Å². The predicted molar refractivity (Wildman–Crippen MR) is 140 cm³/mol. The Bertz CT molecular complexity index is 1570. The maximum absolute atomic E-state index is 13.0. The number of hydrogen-bond acceptors (Lipinski definition) is 9. The molecule has 2 amide bonds. The highest BCUT2D eigenvalue weighted by atomic mass is 16.7.